The molecule has 0 saturated heterocycles. The second-order valence-electron chi connectivity index (χ2n) is 6.70. The van der Waals surface area contributed by atoms with Crippen molar-refractivity contribution in [2.45, 2.75) is 72.9 Å². The summed E-state index contributed by atoms with van der Waals surface area (Å²) in [6.45, 7) is 14.6. The van der Waals surface area contributed by atoms with Gasteiger partial charge < -0.3 is 0 Å². The van der Waals surface area contributed by atoms with Crippen LogP contribution in [-0.2, 0) is 4.79 Å². The average molecular weight is 227 g/mol. The third kappa shape index (κ3) is 4.25. The summed E-state index contributed by atoms with van der Waals surface area (Å²) in [6.07, 6.45) is 2.00. The minimum atomic E-state index is -0.251. The van der Waals surface area contributed by atoms with E-state index in [4.69, 9.17) is 0 Å². The predicted molar refractivity (Wildman–Crippen MR) is 70.7 cm³/mol. The van der Waals surface area contributed by atoms with E-state index in [2.05, 4.69) is 39.6 Å². The van der Waals surface area contributed by atoms with E-state index in [-0.39, 0.29) is 17.0 Å². The van der Waals surface area contributed by atoms with E-state index in [9.17, 15) is 4.79 Å². The van der Waals surface area contributed by atoms with Gasteiger partial charge in [-0.25, -0.2) is 0 Å². The Morgan fingerprint density at radius 2 is 1.56 bits per heavy atom. The van der Waals surface area contributed by atoms with Crippen LogP contribution in [0.1, 0.15) is 61.3 Å². The molecule has 0 bridgehead atoms. The number of carbonyl (C=O) groups excluding carboxylic acids is 1. The highest BCUT2D eigenvalue weighted by molar-refractivity contribution is 5.88. The zero-order chi connectivity index (χ0) is 13.1. The number of ketones is 1. The summed E-state index contributed by atoms with van der Waals surface area (Å²) in [7, 11) is 2.06. The number of hydrogen-bond acceptors (Lipinski definition) is 2. The maximum absolute atomic E-state index is 12.4. The standard InChI is InChI=1S/C14H29NO/c1-9-10-11(12(16)13(2,3)4)15(8)14(5,6)7/h11H,9-10H2,1-8H3/t11-/m1/s1. The molecular formula is C14H29NO. The Hall–Kier alpha value is -0.370. The number of likely N-dealkylation sites (N-methyl/N-ethyl adjacent to an activating group) is 1. The molecule has 0 N–H and O–H groups in total. The molecule has 1 atom stereocenters. The van der Waals surface area contributed by atoms with Crippen LogP contribution in [0.5, 0.6) is 0 Å². The second kappa shape index (κ2) is 5.31. The van der Waals surface area contributed by atoms with Gasteiger partial charge in [-0.2, -0.15) is 0 Å². The molecule has 0 aliphatic rings. The first kappa shape index (κ1) is 15.6. The van der Waals surface area contributed by atoms with E-state index in [1.807, 2.05) is 20.8 Å². The Bertz CT molecular complexity index is 232. The summed E-state index contributed by atoms with van der Waals surface area (Å²) in [5.74, 6) is 0.353. The lowest BCUT2D eigenvalue weighted by atomic mass is 9.83. The SMILES string of the molecule is CCC[C@H](C(=O)C(C)(C)C)N(C)C(C)(C)C. The van der Waals surface area contributed by atoms with Crippen LogP contribution in [0.2, 0.25) is 0 Å². The molecule has 0 heterocycles. The van der Waals surface area contributed by atoms with Gasteiger partial charge in [-0.1, -0.05) is 34.1 Å². The first-order chi connectivity index (χ1) is 7.01. The number of nitrogens with zero attached hydrogens (tertiary/aromatic N) is 1. The van der Waals surface area contributed by atoms with Gasteiger partial charge in [-0.3, -0.25) is 9.69 Å². The number of rotatable bonds is 4. The Morgan fingerprint density at radius 3 is 1.81 bits per heavy atom. The molecule has 0 aromatic carbocycles. The molecule has 0 aromatic heterocycles. The topological polar surface area (TPSA) is 20.3 Å². The van der Waals surface area contributed by atoms with Crippen molar-refractivity contribution in [2.24, 2.45) is 5.41 Å². The van der Waals surface area contributed by atoms with Crippen molar-refractivity contribution in [1.29, 1.82) is 0 Å². The summed E-state index contributed by atoms with van der Waals surface area (Å²) in [4.78, 5) is 14.6. The zero-order valence-electron chi connectivity index (χ0n) is 12.3. The number of Topliss-reactive ketones (excluding diaryl/α,β-unsaturated/α-hetero) is 1. The van der Waals surface area contributed by atoms with Gasteiger partial charge in [-0.05, 0) is 34.2 Å². The summed E-state index contributed by atoms with van der Waals surface area (Å²) in [5, 5.41) is 0. The van der Waals surface area contributed by atoms with E-state index >= 15 is 0 Å². The maximum Gasteiger partial charge on any atom is 0.155 e. The van der Waals surface area contributed by atoms with Gasteiger partial charge >= 0.3 is 0 Å². The van der Waals surface area contributed by atoms with E-state index < -0.39 is 0 Å². The van der Waals surface area contributed by atoms with E-state index in [0.717, 1.165) is 12.8 Å². The third-order valence-corrected chi connectivity index (χ3v) is 3.13. The van der Waals surface area contributed by atoms with Crippen LogP contribution in [0.15, 0.2) is 0 Å². The first-order valence-corrected chi connectivity index (χ1v) is 6.29. The van der Waals surface area contributed by atoms with Crippen molar-refractivity contribution in [3.8, 4) is 0 Å². The Morgan fingerprint density at radius 1 is 1.12 bits per heavy atom. The summed E-state index contributed by atoms with van der Waals surface area (Å²) in [6, 6.07) is 0.0463. The van der Waals surface area contributed by atoms with Gasteiger partial charge in [0.25, 0.3) is 0 Å². The van der Waals surface area contributed by atoms with E-state index in [1.54, 1.807) is 0 Å². The molecule has 0 saturated carbocycles. The second-order valence-corrected chi connectivity index (χ2v) is 6.70. The molecule has 0 fully saturated rings. The lowest BCUT2D eigenvalue weighted by Crippen LogP contribution is -2.51. The highest BCUT2D eigenvalue weighted by Crippen LogP contribution is 2.25. The number of carbonyl (C=O) groups is 1. The van der Waals surface area contributed by atoms with Crippen LogP contribution in [0.3, 0.4) is 0 Å². The van der Waals surface area contributed by atoms with Crippen LogP contribution < -0.4 is 0 Å². The van der Waals surface area contributed by atoms with Crippen LogP contribution in [0.25, 0.3) is 0 Å². The molecule has 2 nitrogen and oxygen atoms in total. The molecule has 2 heteroatoms. The minimum Gasteiger partial charge on any atom is -0.297 e. The van der Waals surface area contributed by atoms with Gasteiger partial charge in [-0.15, -0.1) is 0 Å². The minimum absolute atomic E-state index is 0.0424. The lowest BCUT2D eigenvalue weighted by molar-refractivity contribution is -0.133. The largest absolute Gasteiger partial charge is 0.297 e. The fourth-order valence-electron chi connectivity index (χ4n) is 1.74. The molecule has 0 aliphatic heterocycles. The molecule has 0 aromatic rings. The molecule has 0 amide bonds. The van der Waals surface area contributed by atoms with Gasteiger partial charge in [0, 0.05) is 11.0 Å². The van der Waals surface area contributed by atoms with Crippen molar-refractivity contribution in [1.82, 2.24) is 4.90 Å². The molecule has 0 unspecified atom stereocenters. The van der Waals surface area contributed by atoms with E-state index in [1.165, 1.54) is 0 Å². The molecule has 0 radical (unpaired) electrons. The highest BCUT2D eigenvalue weighted by Gasteiger charge is 2.35. The van der Waals surface area contributed by atoms with Gasteiger partial charge in [0.1, 0.15) is 0 Å². The van der Waals surface area contributed by atoms with Crippen molar-refractivity contribution in [3.05, 3.63) is 0 Å². The van der Waals surface area contributed by atoms with Crippen LogP contribution >= 0.6 is 0 Å². The third-order valence-electron chi connectivity index (χ3n) is 3.13. The van der Waals surface area contributed by atoms with Crippen LogP contribution in [-0.4, -0.2) is 29.3 Å². The molecular weight excluding hydrogens is 198 g/mol. The molecule has 16 heavy (non-hydrogen) atoms. The van der Waals surface area contributed by atoms with Gasteiger partial charge in [0.05, 0.1) is 6.04 Å². The summed E-state index contributed by atoms with van der Waals surface area (Å²) in [5.41, 5.74) is -0.208. The van der Waals surface area contributed by atoms with Crippen molar-refractivity contribution < 1.29 is 4.79 Å². The van der Waals surface area contributed by atoms with Crippen molar-refractivity contribution in [2.75, 3.05) is 7.05 Å². The number of hydrogen-bond donors (Lipinski definition) is 0. The fraction of sp³-hybridized carbons (Fsp3) is 0.929. The van der Waals surface area contributed by atoms with Crippen LogP contribution in [0.4, 0.5) is 0 Å². The first-order valence-electron chi connectivity index (χ1n) is 6.29. The van der Waals surface area contributed by atoms with Crippen molar-refractivity contribution >= 4 is 5.78 Å². The van der Waals surface area contributed by atoms with Gasteiger partial charge in [0.2, 0.25) is 0 Å². The normalized spacial score (nSPS) is 15.3. The molecule has 0 spiro atoms. The smallest absolute Gasteiger partial charge is 0.155 e. The summed E-state index contributed by atoms with van der Waals surface area (Å²) < 4.78 is 0. The molecule has 0 aliphatic carbocycles. The Balaban J connectivity index is 4.95. The lowest BCUT2D eigenvalue weighted by Gasteiger charge is -2.40. The Labute approximate surface area is 101 Å². The maximum atomic E-state index is 12.4. The average Bonchev–Trinajstić information content (AvgIpc) is 2.09. The molecule has 0 rings (SSSR count). The monoisotopic (exact) mass is 227 g/mol. The molecule has 96 valence electrons. The highest BCUT2D eigenvalue weighted by atomic mass is 16.1. The predicted octanol–water partition coefficient (Wildman–Crippen LogP) is 3.50. The van der Waals surface area contributed by atoms with Crippen molar-refractivity contribution in [3.63, 3.8) is 0 Å². The van der Waals surface area contributed by atoms with Crippen LogP contribution in [0, 0.1) is 5.41 Å². The Kier molecular flexibility index (Phi) is 5.18. The van der Waals surface area contributed by atoms with Gasteiger partial charge in [0.15, 0.2) is 5.78 Å². The zero-order valence-corrected chi connectivity index (χ0v) is 12.3. The quantitative estimate of drug-likeness (QED) is 0.732. The summed E-state index contributed by atoms with van der Waals surface area (Å²) >= 11 is 0. The van der Waals surface area contributed by atoms with E-state index in [0.29, 0.717) is 5.78 Å². The fourth-order valence-corrected chi connectivity index (χ4v) is 1.74.